The standard InChI is InChI=1S/C29H29N5O3S2/c1-18-12-22(6-10-27(18)37-23-7-4-19(2)31-15-23)34-29-25-13-20(5-9-26(25)32-17-33-29)28-11-8-24(38-28)14-21(30)16-39(3,35)36/h4-13,15,17,21H,14,16,30H2,1-3H3,(H,32,33,34). The summed E-state index contributed by atoms with van der Waals surface area (Å²) < 4.78 is 29.1. The average Bonchev–Trinajstić information content (AvgIpc) is 3.34. The number of benzene rings is 2. The highest BCUT2D eigenvalue weighted by Gasteiger charge is 2.14. The van der Waals surface area contributed by atoms with E-state index in [-0.39, 0.29) is 5.75 Å². The molecule has 200 valence electrons. The topological polar surface area (TPSA) is 120 Å². The summed E-state index contributed by atoms with van der Waals surface area (Å²) in [6.45, 7) is 3.93. The van der Waals surface area contributed by atoms with Crippen LogP contribution in [0.3, 0.4) is 0 Å². The SMILES string of the molecule is Cc1ccc(Oc2ccc(Nc3ncnc4ccc(-c5ccc(CC(N)CS(C)(=O)=O)s5)cc34)cc2C)cn1. The van der Waals surface area contributed by atoms with Crippen molar-refractivity contribution in [3.05, 3.63) is 89.3 Å². The number of nitrogens with zero attached hydrogens (tertiary/aromatic N) is 3. The summed E-state index contributed by atoms with van der Waals surface area (Å²) in [6, 6.07) is 19.4. The van der Waals surface area contributed by atoms with E-state index in [4.69, 9.17) is 10.5 Å². The molecule has 0 spiro atoms. The second kappa shape index (κ2) is 11.1. The molecule has 10 heteroatoms. The number of pyridine rings is 1. The van der Waals surface area contributed by atoms with Crippen LogP contribution in [0.2, 0.25) is 0 Å². The van der Waals surface area contributed by atoms with Crippen molar-refractivity contribution in [1.82, 2.24) is 15.0 Å². The Morgan fingerprint density at radius 2 is 1.85 bits per heavy atom. The highest BCUT2D eigenvalue weighted by Crippen LogP contribution is 2.34. The fraction of sp³-hybridized carbons (Fsp3) is 0.207. The molecule has 1 atom stereocenters. The molecule has 0 aliphatic heterocycles. The smallest absolute Gasteiger partial charge is 0.148 e. The maximum absolute atomic E-state index is 11.6. The van der Waals surface area contributed by atoms with E-state index in [1.807, 2.05) is 68.4 Å². The van der Waals surface area contributed by atoms with E-state index in [2.05, 4.69) is 26.3 Å². The molecule has 0 aliphatic carbocycles. The number of nitrogens with two attached hydrogens (primary N) is 1. The number of hydrogen-bond acceptors (Lipinski definition) is 9. The number of aromatic nitrogens is 3. The van der Waals surface area contributed by atoms with E-state index < -0.39 is 15.9 Å². The zero-order valence-electron chi connectivity index (χ0n) is 21.9. The lowest BCUT2D eigenvalue weighted by atomic mass is 10.1. The van der Waals surface area contributed by atoms with Crippen LogP contribution in [-0.4, -0.2) is 41.4 Å². The number of anilines is 2. The Labute approximate surface area is 231 Å². The maximum atomic E-state index is 11.6. The molecule has 5 rings (SSSR count). The minimum absolute atomic E-state index is 0.0294. The van der Waals surface area contributed by atoms with Crippen LogP contribution in [0.4, 0.5) is 11.5 Å². The van der Waals surface area contributed by atoms with Crippen molar-refractivity contribution in [2.45, 2.75) is 26.3 Å². The Kier molecular flexibility index (Phi) is 7.60. The molecular formula is C29H29N5O3S2. The minimum Gasteiger partial charge on any atom is -0.455 e. The van der Waals surface area contributed by atoms with Gasteiger partial charge in [-0.25, -0.2) is 18.4 Å². The third-order valence-electron chi connectivity index (χ3n) is 6.11. The van der Waals surface area contributed by atoms with Crippen LogP contribution in [0.5, 0.6) is 11.5 Å². The van der Waals surface area contributed by atoms with Gasteiger partial charge < -0.3 is 15.8 Å². The minimum atomic E-state index is -3.12. The van der Waals surface area contributed by atoms with E-state index in [0.717, 1.165) is 48.9 Å². The molecule has 0 aliphatic rings. The predicted molar refractivity (Wildman–Crippen MR) is 158 cm³/mol. The Bertz CT molecular complexity index is 1730. The molecule has 1 unspecified atom stereocenters. The normalized spacial score (nSPS) is 12.4. The quantitative estimate of drug-likeness (QED) is 0.232. The van der Waals surface area contributed by atoms with E-state index in [9.17, 15) is 8.42 Å². The third kappa shape index (κ3) is 6.78. The summed E-state index contributed by atoms with van der Waals surface area (Å²) >= 11 is 1.61. The Hall–Kier alpha value is -3.86. The molecule has 3 heterocycles. The van der Waals surface area contributed by atoms with Gasteiger partial charge in [0, 0.05) is 38.8 Å². The van der Waals surface area contributed by atoms with E-state index >= 15 is 0 Å². The van der Waals surface area contributed by atoms with Crippen molar-refractivity contribution >= 4 is 43.6 Å². The summed E-state index contributed by atoms with van der Waals surface area (Å²) in [7, 11) is -3.12. The van der Waals surface area contributed by atoms with Crippen LogP contribution in [0.25, 0.3) is 21.3 Å². The van der Waals surface area contributed by atoms with Crippen LogP contribution in [0.15, 0.2) is 73.2 Å². The molecule has 0 saturated carbocycles. The Morgan fingerprint density at radius 1 is 1.00 bits per heavy atom. The average molecular weight is 560 g/mol. The molecule has 0 radical (unpaired) electrons. The summed E-state index contributed by atoms with van der Waals surface area (Å²) in [5, 5.41) is 4.32. The first kappa shape index (κ1) is 26.7. The molecule has 3 aromatic heterocycles. The summed E-state index contributed by atoms with van der Waals surface area (Å²) in [6.07, 6.45) is 4.99. The van der Waals surface area contributed by atoms with Gasteiger partial charge in [-0.15, -0.1) is 11.3 Å². The summed E-state index contributed by atoms with van der Waals surface area (Å²) in [5.74, 6) is 2.11. The van der Waals surface area contributed by atoms with Crippen LogP contribution >= 0.6 is 11.3 Å². The number of nitrogens with one attached hydrogen (secondary N) is 1. The van der Waals surface area contributed by atoms with Gasteiger partial charge in [-0.2, -0.15) is 0 Å². The van der Waals surface area contributed by atoms with Gasteiger partial charge >= 0.3 is 0 Å². The summed E-state index contributed by atoms with van der Waals surface area (Å²) in [5.41, 5.74) is 10.7. The molecule has 5 aromatic rings. The van der Waals surface area contributed by atoms with Crippen molar-refractivity contribution in [2.75, 3.05) is 17.3 Å². The monoisotopic (exact) mass is 559 g/mol. The van der Waals surface area contributed by atoms with E-state index in [0.29, 0.717) is 18.0 Å². The number of thiophene rings is 1. The maximum Gasteiger partial charge on any atom is 0.148 e. The van der Waals surface area contributed by atoms with Gasteiger partial charge in [0.1, 0.15) is 33.5 Å². The zero-order chi connectivity index (χ0) is 27.6. The molecule has 39 heavy (non-hydrogen) atoms. The van der Waals surface area contributed by atoms with Crippen molar-refractivity contribution < 1.29 is 13.2 Å². The largest absolute Gasteiger partial charge is 0.455 e. The fourth-order valence-electron chi connectivity index (χ4n) is 4.28. The lowest BCUT2D eigenvalue weighted by Crippen LogP contribution is -2.30. The molecule has 0 fully saturated rings. The molecule has 0 bridgehead atoms. The fourth-order valence-corrected chi connectivity index (χ4v) is 6.27. The van der Waals surface area contributed by atoms with Gasteiger partial charge in [0.05, 0.1) is 17.5 Å². The van der Waals surface area contributed by atoms with Gasteiger partial charge in [-0.05, 0) is 86.0 Å². The second-order valence-electron chi connectivity index (χ2n) is 9.62. The van der Waals surface area contributed by atoms with Gasteiger partial charge in [0.25, 0.3) is 0 Å². The molecule has 0 saturated heterocycles. The highest BCUT2D eigenvalue weighted by molar-refractivity contribution is 7.90. The number of ether oxygens (including phenoxy) is 1. The first-order valence-electron chi connectivity index (χ1n) is 12.4. The van der Waals surface area contributed by atoms with Gasteiger partial charge in [0.2, 0.25) is 0 Å². The number of sulfone groups is 1. The van der Waals surface area contributed by atoms with Crippen molar-refractivity contribution in [3.8, 4) is 21.9 Å². The lowest BCUT2D eigenvalue weighted by Gasteiger charge is -2.13. The Morgan fingerprint density at radius 3 is 2.59 bits per heavy atom. The lowest BCUT2D eigenvalue weighted by molar-refractivity contribution is 0.476. The zero-order valence-corrected chi connectivity index (χ0v) is 23.5. The van der Waals surface area contributed by atoms with Crippen LogP contribution < -0.4 is 15.8 Å². The van der Waals surface area contributed by atoms with E-state index in [1.54, 1.807) is 23.9 Å². The van der Waals surface area contributed by atoms with Crippen molar-refractivity contribution in [1.29, 1.82) is 0 Å². The summed E-state index contributed by atoms with van der Waals surface area (Å²) in [4.78, 5) is 15.3. The number of rotatable bonds is 9. The molecule has 3 N–H and O–H groups in total. The third-order valence-corrected chi connectivity index (χ3v) is 8.30. The van der Waals surface area contributed by atoms with Crippen LogP contribution in [0.1, 0.15) is 16.1 Å². The molecule has 2 aromatic carbocycles. The van der Waals surface area contributed by atoms with Gasteiger partial charge in [-0.3, -0.25) is 4.98 Å². The van der Waals surface area contributed by atoms with Crippen LogP contribution in [0, 0.1) is 13.8 Å². The van der Waals surface area contributed by atoms with Crippen molar-refractivity contribution in [2.24, 2.45) is 5.73 Å². The predicted octanol–water partition coefficient (Wildman–Crippen LogP) is 5.82. The first-order chi connectivity index (χ1) is 18.6. The second-order valence-corrected chi connectivity index (χ2v) is 13.0. The Balaban J connectivity index is 1.36. The number of hydrogen-bond donors (Lipinski definition) is 2. The number of fused-ring (bicyclic) bond motifs is 1. The number of aryl methyl sites for hydroxylation is 2. The van der Waals surface area contributed by atoms with Gasteiger partial charge in [-0.1, -0.05) is 6.07 Å². The van der Waals surface area contributed by atoms with Crippen molar-refractivity contribution in [3.63, 3.8) is 0 Å². The van der Waals surface area contributed by atoms with Gasteiger partial charge in [0.15, 0.2) is 0 Å². The molecular weight excluding hydrogens is 530 g/mol. The highest BCUT2D eigenvalue weighted by atomic mass is 32.2. The molecule has 0 amide bonds. The van der Waals surface area contributed by atoms with E-state index in [1.165, 1.54) is 6.26 Å². The first-order valence-corrected chi connectivity index (χ1v) is 15.3. The van der Waals surface area contributed by atoms with Crippen LogP contribution in [-0.2, 0) is 16.3 Å². The molecule has 8 nitrogen and oxygen atoms in total.